The summed E-state index contributed by atoms with van der Waals surface area (Å²) in [6, 6.07) is 11.4. The quantitative estimate of drug-likeness (QED) is 0.944. The van der Waals surface area contributed by atoms with Crippen LogP contribution in [0.3, 0.4) is 0 Å². The maximum atomic E-state index is 11.6. The van der Waals surface area contributed by atoms with E-state index in [0.29, 0.717) is 17.9 Å². The van der Waals surface area contributed by atoms with Gasteiger partial charge in [0.2, 0.25) is 10.0 Å². The van der Waals surface area contributed by atoms with Gasteiger partial charge in [0.25, 0.3) is 0 Å². The third kappa shape index (κ3) is 3.43. The van der Waals surface area contributed by atoms with Crippen LogP contribution in [0.2, 0.25) is 0 Å². The van der Waals surface area contributed by atoms with Crippen molar-refractivity contribution in [3.63, 3.8) is 0 Å². The summed E-state index contributed by atoms with van der Waals surface area (Å²) in [6.07, 6.45) is 0. The van der Waals surface area contributed by atoms with Crippen LogP contribution < -0.4 is 9.88 Å². The van der Waals surface area contributed by atoms with Crippen molar-refractivity contribution in [3.05, 3.63) is 58.7 Å². The summed E-state index contributed by atoms with van der Waals surface area (Å²) in [4.78, 5) is 0.157. The molecule has 0 spiro atoms. The fourth-order valence-corrected chi connectivity index (χ4v) is 3.19. The molecule has 0 heterocycles. The van der Waals surface area contributed by atoms with Gasteiger partial charge < -0.3 is 4.74 Å². The van der Waals surface area contributed by atoms with Crippen LogP contribution in [0.25, 0.3) is 0 Å². The molecule has 0 aromatic heterocycles. The predicted octanol–water partition coefficient (Wildman–Crippen LogP) is 2.84. The number of sulfonamides is 1. The van der Waals surface area contributed by atoms with E-state index in [1.54, 1.807) is 13.0 Å². The van der Waals surface area contributed by atoms with Gasteiger partial charge in [-0.2, -0.15) is 0 Å². The molecule has 4 nitrogen and oxygen atoms in total. The lowest BCUT2D eigenvalue weighted by Crippen LogP contribution is -2.15. The van der Waals surface area contributed by atoms with Crippen molar-refractivity contribution in [2.45, 2.75) is 32.3 Å². The van der Waals surface area contributed by atoms with Crippen LogP contribution in [0.5, 0.6) is 5.75 Å². The fraction of sp³-hybridized carbons (Fsp3) is 0.250. The van der Waals surface area contributed by atoms with Crippen molar-refractivity contribution in [2.75, 3.05) is 0 Å². The SMILES string of the molecule is Cc1cc(S(N)(=O)=O)c(C)c(C)c1OCc1ccccc1. The van der Waals surface area contributed by atoms with Crippen LogP contribution in [0.4, 0.5) is 0 Å². The van der Waals surface area contributed by atoms with Crippen LogP contribution >= 0.6 is 0 Å². The number of nitrogens with two attached hydrogens (primary N) is 1. The van der Waals surface area contributed by atoms with Crippen molar-refractivity contribution in [1.82, 2.24) is 0 Å². The summed E-state index contributed by atoms with van der Waals surface area (Å²) in [6.45, 7) is 5.85. The molecule has 0 aliphatic heterocycles. The average Bonchev–Trinajstić information content (AvgIpc) is 2.42. The Balaban J connectivity index is 2.36. The average molecular weight is 305 g/mol. The lowest BCUT2D eigenvalue weighted by molar-refractivity contribution is 0.301. The second kappa shape index (κ2) is 5.87. The maximum absolute atomic E-state index is 11.6. The molecule has 0 fully saturated rings. The summed E-state index contributed by atoms with van der Waals surface area (Å²) in [5, 5.41) is 5.24. The molecule has 0 saturated heterocycles. The van der Waals surface area contributed by atoms with E-state index < -0.39 is 10.0 Å². The van der Waals surface area contributed by atoms with E-state index in [0.717, 1.165) is 16.7 Å². The second-order valence-electron chi connectivity index (χ2n) is 5.09. The molecule has 0 amide bonds. The van der Waals surface area contributed by atoms with E-state index in [-0.39, 0.29) is 4.90 Å². The Morgan fingerprint density at radius 3 is 2.24 bits per heavy atom. The van der Waals surface area contributed by atoms with Gasteiger partial charge in [-0.25, -0.2) is 13.6 Å². The van der Waals surface area contributed by atoms with Gasteiger partial charge in [-0.15, -0.1) is 0 Å². The van der Waals surface area contributed by atoms with E-state index in [9.17, 15) is 8.42 Å². The van der Waals surface area contributed by atoms with Crippen LogP contribution in [0.1, 0.15) is 22.3 Å². The number of ether oxygens (including phenoxy) is 1. The van der Waals surface area contributed by atoms with Crippen molar-refractivity contribution in [1.29, 1.82) is 0 Å². The largest absolute Gasteiger partial charge is 0.488 e. The third-order valence-electron chi connectivity index (χ3n) is 3.51. The zero-order chi connectivity index (χ0) is 15.6. The van der Waals surface area contributed by atoms with Crippen LogP contribution in [-0.2, 0) is 16.6 Å². The first-order chi connectivity index (χ1) is 9.80. The number of aryl methyl sites for hydroxylation is 1. The van der Waals surface area contributed by atoms with E-state index in [1.807, 2.05) is 44.2 Å². The van der Waals surface area contributed by atoms with E-state index in [2.05, 4.69) is 0 Å². The monoisotopic (exact) mass is 305 g/mol. The number of hydrogen-bond acceptors (Lipinski definition) is 3. The standard InChI is InChI=1S/C16H19NO3S/c1-11-9-15(21(17,18)19)12(2)13(3)16(11)20-10-14-7-5-4-6-8-14/h4-9H,10H2,1-3H3,(H2,17,18,19). The highest BCUT2D eigenvalue weighted by Gasteiger charge is 2.18. The minimum Gasteiger partial charge on any atom is -0.488 e. The zero-order valence-electron chi connectivity index (χ0n) is 12.4. The molecular weight excluding hydrogens is 286 g/mol. The van der Waals surface area contributed by atoms with E-state index in [4.69, 9.17) is 9.88 Å². The summed E-state index contributed by atoms with van der Waals surface area (Å²) < 4.78 is 29.0. The summed E-state index contributed by atoms with van der Waals surface area (Å²) in [5.41, 5.74) is 3.25. The number of hydrogen-bond donors (Lipinski definition) is 1. The minimum absolute atomic E-state index is 0.157. The van der Waals surface area contributed by atoms with Crippen molar-refractivity contribution in [3.8, 4) is 5.75 Å². The molecule has 2 N–H and O–H groups in total. The Morgan fingerprint density at radius 1 is 1.05 bits per heavy atom. The molecule has 0 unspecified atom stereocenters. The van der Waals surface area contributed by atoms with E-state index >= 15 is 0 Å². The fourth-order valence-electron chi connectivity index (χ4n) is 2.27. The van der Waals surface area contributed by atoms with Gasteiger partial charge in [-0.3, -0.25) is 0 Å². The Hall–Kier alpha value is -1.85. The summed E-state index contributed by atoms with van der Waals surface area (Å²) in [5.74, 6) is 0.712. The van der Waals surface area contributed by atoms with Crippen molar-refractivity contribution in [2.24, 2.45) is 5.14 Å². The topological polar surface area (TPSA) is 69.4 Å². The molecule has 0 saturated carbocycles. The molecule has 0 radical (unpaired) electrons. The first kappa shape index (κ1) is 15.5. The highest BCUT2D eigenvalue weighted by molar-refractivity contribution is 7.89. The van der Waals surface area contributed by atoms with Crippen molar-refractivity contribution >= 4 is 10.0 Å². The van der Waals surface area contributed by atoms with E-state index in [1.165, 1.54) is 0 Å². The Bertz CT molecular complexity index is 753. The molecule has 2 aromatic rings. The van der Waals surface area contributed by atoms with Gasteiger partial charge in [0, 0.05) is 0 Å². The Labute approximate surface area is 125 Å². The molecule has 21 heavy (non-hydrogen) atoms. The predicted molar refractivity (Wildman–Crippen MR) is 82.8 cm³/mol. The van der Waals surface area contributed by atoms with Gasteiger partial charge in [-0.05, 0) is 49.1 Å². The Kier molecular flexibility index (Phi) is 4.34. The number of primary sulfonamides is 1. The maximum Gasteiger partial charge on any atom is 0.238 e. The van der Waals surface area contributed by atoms with Gasteiger partial charge in [-0.1, -0.05) is 30.3 Å². The molecule has 0 aliphatic rings. The first-order valence-corrected chi connectivity index (χ1v) is 8.15. The first-order valence-electron chi connectivity index (χ1n) is 6.61. The molecule has 0 atom stereocenters. The lowest BCUT2D eigenvalue weighted by Gasteiger charge is -2.16. The molecule has 112 valence electrons. The molecule has 0 bridgehead atoms. The minimum atomic E-state index is -3.72. The Morgan fingerprint density at radius 2 is 1.67 bits per heavy atom. The zero-order valence-corrected chi connectivity index (χ0v) is 13.2. The molecule has 5 heteroatoms. The highest BCUT2D eigenvalue weighted by Crippen LogP contribution is 2.31. The van der Waals surface area contributed by atoms with Crippen molar-refractivity contribution < 1.29 is 13.2 Å². The summed E-state index contributed by atoms with van der Waals surface area (Å²) in [7, 11) is -3.72. The molecular formula is C16H19NO3S. The molecule has 0 aliphatic carbocycles. The smallest absolute Gasteiger partial charge is 0.238 e. The normalized spacial score (nSPS) is 11.4. The summed E-state index contributed by atoms with van der Waals surface area (Å²) >= 11 is 0. The lowest BCUT2D eigenvalue weighted by atomic mass is 10.1. The van der Waals surface area contributed by atoms with Crippen LogP contribution in [-0.4, -0.2) is 8.42 Å². The molecule has 2 aromatic carbocycles. The van der Waals surface area contributed by atoms with Gasteiger partial charge in [0.15, 0.2) is 0 Å². The second-order valence-corrected chi connectivity index (χ2v) is 6.62. The van der Waals surface area contributed by atoms with Gasteiger partial charge in [0.1, 0.15) is 12.4 Å². The van der Waals surface area contributed by atoms with Gasteiger partial charge in [0.05, 0.1) is 4.90 Å². The van der Waals surface area contributed by atoms with Gasteiger partial charge >= 0.3 is 0 Å². The third-order valence-corrected chi connectivity index (χ3v) is 4.55. The van der Waals surface area contributed by atoms with Crippen LogP contribution in [0.15, 0.2) is 41.3 Å². The number of benzene rings is 2. The van der Waals surface area contributed by atoms with Crippen LogP contribution in [0, 0.1) is 20.8 Å². The highest BCUT2D eigenvalue weighted by atomic mass is 32.2. The number of rotatable bonds is 4. The molecule has 2 rings (SSSR count).